The number of anilines is 1. The summed E-state index contributed by atoms with van der Waals surface area (Å²) in [5.41, 5.74) is 5.41. The third-order valence-electron chi connectivity index (χ3n) is 4.97. The van der Waals surface area contributed by atoms with Gasteiger partial charge in [0.2, 0.25) is 0 Å². The van der Waals surface area contributed by atoms with Gasteiger partial charge in [0.1, 0.15) is 11.3 Å². The Morgan fingerprint density at radius 3 is 2.69 bits per heavy atom. The van der Waals surface area contributed by atoms with Crippen LogP contribution in [0.4, 0.5) is 5.69 Å². The lowest BCUT2D eigenvalue weighted by Crippen LogP contribution is -2.29. The first-order valence-electron chi connectivity index (χ1n) is 9.93. The van der Waals surface area contributed by atoms with Crippen molar-refractivity contribution in [3.05, 3.63) is 66.4 Å². The molecule has 0 saturated carbocycles. The topological polar surface area (TPSA) is 66.8 Å². The average molecular weight is 388 g/mol. The number of carbonyl (C=O) groups excluding carboxylic acids is 1. The predicted octanol–water partition coefficient (Wildman–Crippen LogP) is 3.75. The Labute approximate surface area is 170 Å². The average Bonchev–Trinajstić information content (AvgIpc) is 2.79. The van der Waals surface area contributed by atoms with Gasteiger partial charge in [-0.15, -0.1) is 0 Å². The first-order valence-corrected chi connectivity index (χ1v) is 9.93. The number of amides is 1. The Kier molecular flexibility index (Phi) is 6.00. The molecule has 3 aromatic rings. The summed E-state index contributed by atoms with van der Waals surface area (Å²) in [6, 6.07) is 17.7. The Hall–Kier alpha value is -3.41. The van der Waals surface area contributed by atoms with E-state index in [9.17, 15) is 4.79 Å². The van der Waals surface area contributed by atoms with Gasteiger partial charge >= 0.3 is 0 Å². The maximum atomic E-state index is 12.0. The molecule has 1 N–H and O–H groups in total. The Bertz CT molecular complexity index is 990. The molecule has 0 radical (unpaired) electrons. The molecule has 148 valence electrons. The van der Waals surface area contributed by atoms with Crippen LogP contribution in [0.2, 0.25) is 0 Å². The summed E-state index contributed by atoms with van der Waals surface area (Å²) in [6.45, 7) is 2.12. The summed E-state index contributed by atoms with van der Waals surface area (Å²) in [7, 11) is 0. The molecular weight excluding hydrogens is 364 g/mol. The molecule has 1 saturated heterocycles. The highest BCUT2D eigenvalue weighted by molar-refractivity contribution is 5.85. The highest BCUT2D eigenvalue weighted by Crippen LogP contribution is 2.23. The van der Waals surface area contributed by atoms with Gasteiger partial charge in [-0.3, -0.25) is 9.78 Å². The van der Waals surface area contributed by atoms with E-state index in [1.807, 2.05) is 36.4 Å². The lowest BCUT2D eigenvalue weighted by atomic mass is 10.1. The molecule has 1 aliphatic heterocycles. The summed E-state index contributed by atoms with van der Waals surface area (Å²) < 4.78 is 5.61. The molecule has 1 aromatic heterocycles. The van der Waals surface area contributed by atoms with E-state index in [1.165, 1.54) is 24.9 Å². The normalized spacial score (nSPS) is 14.3. The number of hydrogen-bond donors (Lipinski definition) is 1. The van der Waals surface area contributed by atoms with Crippen LogP contribution < -0.4 is 15.1 Å². The van der Waals surface area contributed by atoms with Crippen LogP contribution in [0, 0.1) is 0 Å². The fourth-order valence-electron chi connectivity index (χ4n) is 3.47. The number of benzene rings is 2. The van der Waals surface area contributed by atoms with Crippen molar-refractivity contribution in [3.63, 3.8) is 0 Å². The number of para-hydroxylation sites is 1. The predicted molar refractivity (Wildman–Crippen MR) is 115 cm³/mol. The van der Waals surface area contributed by atoms with Crippen molar-refractivity contribution < 1.29 is 9.53 Å². The number of carbonyl (C=O) groups is 1. The molecule has 2 aromatic carbocycles. The molecular formula is C23H24N4O2. The second kappa shape index (κ2) is 9.19. The van der Waals surface area contributed by atoms with Crippen LogP contribution in [0.3, 0.4) is 0 Å². The zero-order valence-corrected chi connectivity index (χ0v) is 16.3. The molecule has 0 spiro atoms. The SMILES string of the molecule is O=C(COc1cccc2cccnc12)NN=Cc1ccc(N2CCCCC2)cc1. The van der Waals surface area contributed by atoms with Crippen molar-refractivity contribution in [2.24, 2.45) is 5.10 Å². The zero-order chi connectivity index (χ0) is 19.9. The summed E-state index contributed by atoms with van der Waals surface area (Å²) in [4.78, 5) is 18.7. The van der Waals surface area contributed by atoms with Gasteiger partial charge in [0.15, 0.2) is 6.61 Å². The molecule has 1 amide bonds. The monoisotopic (exact) mass is 388 g/mol. The van der Waals surface area contributed by atoms with Crippen LogP contribution in [0.5, 0.6) is 5.75 Å². The fraction of sp³-hybridized carbons (Fsp3) is 0.261. The van der Waals surface area contributed by atoms with E-state index in [1.54, 1.807) is 18.5 Å². The number of rotatable bonds is 6. The lowest BCUT2D eigenvalue weighted by Gasteiger charge is -2.28. The molecule has 1 aliphatic rings. The number of pyridine rings is 1. The van der Waals surface area contributed by atoms with E-state index in [4.69, 9.17) is 4.74 Å². The first-order chi connectivity index (χ1) is 14.3. The van der Waals surface area contributed by atoms with Crippen LogP contribution in [0.1, 0.15) is 24.8 Å². The van der Waals surface area contributed by atoms with E-state index in [-0.39, 0.29) is 12.5 Å². The number of fused-ring (bicyclic) bond motifs is 1. The van der Waals surface area contributed by atoms with Crippen LogP contribution >= 0.6 is 0 Å². The number of nitrogens with zero attached hydrogens (tertiary/aromatic N) is 3. The second-order valence-corrected chi connectivity index (χ2v) is 7.05. The smallest absolute Gasteiger partial charge is 0.277 e. The van der Waals surface area contributed by atoms with Gasteiger partial charge in [-0.25, -0.2) is 5.43 Å². The van der Waals surface area contributed by atoms with E-state index < -0.39 is 0 Å². The van der Waals surface area contributed by atoms with Crippen LogP contribution in [-0.4, -0.2) is 36.8 Å². The third-order valence-corrected chi connectivity index (χ3v) is 4.97. The zero-order valence-electron chi connectivity index (χ0n) is 16.3. The Morgan fingerprint density at radius 2 is 1.86 bits per heavy atom. The summed E-state index contributed by atoms with van der Waals surface area (Å²) >= 11 is 0. The second-order valence-electron chi connectivity index (χ2n) is 7.05. The summed E-state index contributed by atoms with van der Waals surface area (Å²) in [5, 5.41) is 4.99. The van der Waals surface area contributed by atoms with E-state index in [2.05, 4.69) is 32.5 Å². The highest BCUT2D eigenvalue weighted by atomic mass is 16.5. The van der Waals surface area contributed by atoms with Crippen molar-refractivity contribution in [1.29, 1.82) is 0 Å². The van der Waals surface area contributed by atoms with Crippen molar-refractivity contribution >= 4 is 28.7 Å². The van der Waals surface area contributed by atoms with Crippen molar-refractivity contribution in [2.45, 2.75) is 19.3 Å². The molecule has 0 bridgehead atoms. The summed E-state index contributed by atoms with van der Waals surface area (Å²) in [6.07, 6.45) is 7.17. The number of ether oxygens (including phenoxy) is 1. The minimum absolute atomic E-state index is 0.124. The third kappa shape index (κ3) is 4.90. The number of aromatic nitrogens is 1. The van der Waals surface area contributed by atoms with Gasteiger partial charge in [0, 0.05) is 30.4 Å². The van der Waals surface area contributed by atoms with Gasteiger partial charge in [0.25, 0.3) is 5.91 Å². The van der Waals surface area contributed by atoms with Crippen molar-refractivity contribution in [2.75, 3.05) is 24.6 Å². The van der Waals surface area contributed by atoms with Crippen molar-refractivity contribution in [3.8, 4) is 5.75 Å². The van der Waals surface area contributed by atoms with E-state index >= 15 is 0 Å². The molecule has 6 heteroatoms. The quantitative estimate of drug-likeness (QED) is 0.516. The summed E-state index contributed by atoms with van der Waals surface area (Å²) in [5.74, 6) is 0.259. The van der Waals surface area contributed by atoms with E-state index in [0.717, 1.165) is 29.6 Å². The van der Waals surface area contributed by atoms with Gasteiger partial charge < -0.3 is 9.64 Å². The molecule has 6 nitrogen and oxygen atoms in total. The molecule has 4 rings (SSSR count). The maximum absolute atomic E-state index is 12.0. The molecule has 0 atom stereocenters. The first kappa shape index (κ1) is 18.9. The van der Waals surface area contributed by atoms with Crippen LogP contribution in [0.15, 0.2) is 65.9 Å². The Balaban J connectivity index is 1.28. The van der Waals surface area contributed by atoms with Crippen LogP contribution in [0.25, 0.3) is 10.9 Å². The number of nitrogens with one attached hydrogen (secondary N) is 1. The minimum Gasteiger partial charge on any atom is -0.481 e. The van der Waals surface area contributed by atoms with Gasteiger partial charge in [-0.05, 0) is 49.1 Å². The van der Waals surface area contributed by atoms with Gasteiger partial charge in [0.05, 0.1) is 6.21 Å². The molecule has 2 heterocycles. The van der Waals surface area contributed by atoms with E-state index in [0.29, 0.717) is 5.75 Å². The Morgan fingerprint density at radius 1 is 1.07 bits per heavy atom. The van der Waals surface area contributed by atoms with Gasteiger partial charge in [-0.2, -0.15) is 5.10 Å². The molecule has 1 fully saturated rings. The molecule has 0 unspecified atom stereocenters. The fourth-order valence-corrected chi connectivity index (χ4v) is 3.47. The highest BCUT2D eigenvalue weighted by Gasteiger charge is 2.10. The number of hydrogen-bond acceptors (Lipinski definition) is 5. The lowest BCUT2D eigenvalue weighted by molar-refractivity contribution is -0.123. The van der Waals surface area contributed by atoms with Crippen LogP contribution in [-0.2, 0) is 4.79 Å². The van der Waals surface area contributed by atoms with Gasteiger partial charge in [-0.1, -0.05) is 30.3 Å². The largest absolute Gasteiger partial charge is 0.481 e. The molecule has 29 heavy (non-hydrogen) atoms. The maximum Gasteiger partial charge on any atom is 0.277 e. The number of piperidine rings is 1. The number of hydrazone groups is 1. The minimum atomic E-state index is -0.320. The van der Waals surface area contributed by atoms with Crippen molar-refractivity contribution in [1.82, 2.24) is 10.4 Å². The standard InChI is InChI=1S/C23H24N4O2/c28-22(17-29-21-8-4-6-19-7-5-13-24-23(19)21)26-25-16-18-9-11-20(12-10-18)27-14-2-1-3-15-27/h4-13,16H,1-3,14-15,17H2,(H,26,28). The molecule has 0 aliphatic carbocycles.